The molecule has 2 aliphatic heterocycles. The van der Waals surface area contributed by atoms with Crippen molar-refractivity contribution in [3.63, 3.8) is 0 Å². The van der Waals surface area contributed by atoms with Crippen LogP contribution in [0.2, 0.25) is 0 Å². The lowest BCUT2D eigenvalue weighted by Gasteiger charge is -2.28. The molecule has 0 unspecified atom stereocenters. The quantitative estimate of drug-likeness (QED) is 0.852. The van der Waals surface area contributed by atoms with Crippen LogP contribution in [0.5, 0.6) is 0 Å². The van der Waals surface area contributed by atoms with E-state index in [0.717, 1.165) is 5.56 Å². The molecule has 2 aromatic rings. The largest absolute Gasteiger partial charge is 0.383 e. The van der Waals surface area contributed by atoms with E-state index in [1.54, 1.807) is 25.6 Å². The fourth-order valence-corrected chi connectivity index (χ4v) is 3.19. The van der Waals surface area contributed by atoms with E-state index in [4.69, 9.17) is 4.74 Å². The number of amidine groups is 1. The number of fused-ring (bicyclic) bond motifs is 1. The molecule has 0 aliphatic carbocycles. The summed E-state index contributed by atoms with van der Waals surface area (Å²) in [6, 6.07) is 3.12. The second-order valence-electron chi connectivity index (χ2n) is 6.44. The predicted molar refractivity (Wildman–Crippen MR) is 105 cm³/mol. The molecule has 0 saturated carbocycles. The number of hydrogen-bond acceptors (Lipinski definition) is 7. The molecule has 144 valence electrons. The number of carbonyl (C=O) groups is 1. The van der Waals surface area contributed by atoms with E-state index in [1.807, 2.05) is 6.92 Å². The number of rotatable bonds is 5. The van der Waals surface area contributed by atoms with Gasteiger partial charge in [0.2, 0.25) is 5.91 Å². The minimum Gasteiger partial charge on any atom is -0.383 e. The van der Waals surface area contributed by atoms with Crippen LogP contribution in [-0.2, 0) is 9.53 Å². The van der Waals surface area contributed by atoms with Crippen molar-refractivity contribution in [2.24, 2.45) is 9.98 Å². The second kappa shape index (κ2) is 7.43. The number of methoxy groups -OCH3 is 1. The van der Waals surface area contributed by atoms with Crippen molar-refractivity contribution in [1.29, 1.82) is 0 Å². The van der Waals surface area contributed by atoms with Gasteiger partial charge >= 0.3 is 0 Å². The van der Waals surface area contributed by atoms with Crippen LogP contribution in [0.4, 0.5) is 16.0 Å². The summed E-state index contributed by atoms with van der Waals surface area (Å²) in [7, 11) is 1.57. The highest BCUT2D eigenvalue weighted by Gasteiger charge is 2.27. The highest BCUT2D eigenvalue weighted by atomic mass is 19.1. The van der Waals surface area contributed by atoms with Gasteiger partial charge in [0.15, 0.2) is 17.5 Å². The number of hydrogen-bond donors (Lipinski definition) is 1. The van der Waals surface area contributed by atoms with Crippen LogP contribution in [0.1, 0.15) is 11.1 Å². The van der Waals surface area contributed by atoms with E-state index < -0.39 is 5.82 Å². The number of anilines is 2. The molecule has 1 N–H and O–H groups in total. The van der Waals surface area contributed by atoms with Crippen LogP contribution < -0.4 is 10.2 Å². The molecule has 0 saturated heterocycles. The standard InChI is InChI=1S/C19H19FN6O2/c1-11-7-13(17-21-3-4-22-17)14(20)8-12(11)15-9-23-18-19(25-15)26(5-6-28-2)16(27)10-24-18/h3,7-9H,4-6,10H2,1-2H3,(H,23,24). The topological polar surface area (TPSA) is 92.1 Å². The molecular formula is C19H19FN6O2. The summed E-state index contributed by atoms with van der Waals surface area (Å²) in [6.07, 6.45) is 3.22. The van der Waals surface area contributed by atoms with E-state index in [9.17, 15) is 9.18 Å². The third-order valence-corrected chi connectivity index (χ3v) is 4.60. The van der Waals surface area contributed by atoms with Gasteiger partial charge in [-0.15, -0.1) is 0 Å². The summed E-state index contributed by atoms with van der Waals surface area (Å²) in [5.41, 5.74) is 2.26. The van der Waals surface area contributed by atoms with Gasteiger partial charge in [0.1, 0.15) is 5.82 Å². The lowest BCUT2D eigenvalue weighted by molar-refractivity contribution is -0.117. The van der Waals surface area contributed by atoms with E-state index >= 15 is 0 Å². The Hall–Kier alpha value is -3.20. The lowest BCUT2D eigenvalue weighted by Crippen LogP contribution is -2.42. The van der Waals surface area contributed by atoms with E-state index in [2.05, 4.69) is 25.3 Å². The number of carbonyl (C=O) groups excluding carboxylic acids is 1. The molecule has 1 aromatic carbocycles. The lowest BCUT2D eigenvalue weighted by atomic mass is 10.0. The number of aryl methyl sites for hydroxylation is 1. The zero-order valence-corrected chi connectivity index (χ0v) is 15.6. The fourth-order valence-electron chi connectivity index (χ4n) is 3.19. The van der Waals surface area contributed by atoms with E-state index in [-0.39, 0.29) is 12.5 Å². The third kappa shape index (κ3) is 3.24. The SMILES string of the molecule is COCCN1C(=O)CNc2ncc(-c3cc(F)c(C4=NCC=N4)cc3C)nc21. The molecule has 3 heterocycles. The number of aliphatic imine (C=N–C) groups is 2. The first-order valence-electron chi connectivity index (χ1n) is 8.86. The second-order valence-corrected chi connectivity index (χ2v) is 6.44. The van der Waals surface area contributed by atoms with Crippen molar-refractivity contribution in [3.8, 4) is 11.3 Å². The number of benzene rings is 1. The summed E-state index contributed by atoms with van der Waals surface area (Å²) in [5.74, 6) is 0.780. The molecule has 2 aliphatic rings. The predicted octanol–water partition coefficient (Wildman–Crippen LogP) is 1.83. The molecule has 4 rings (SSSR count). The molecule has 1 aromatic heterocycles. The van der Waals surface area contributed by atoms with E-state index in [0.29, 0.717) is 54.0 Å². The van der Waals surface area contributed by atoms with Crippen molar-refractivity contribution >= 4 is 29.6 Å². The zero-order valence-electron chi connectivity index (χ0n) is 15.6. The van der Waals surface area contributed by atoms with Crippen LogP contribution in [0, 0.1) is 12.7 Å². The molecule has 28 heavy (non-hydrogen) atoms. The maximum Gasteiger partial charge on any atom is 0.247 e. The molecule has 0 bridgehead atoms. The van der Waals surface area contributed by atoms with Crippen LogP contribution >= 0.6 is 0 Å². The van der Waals surface area contributed by atoms with Gasteiger partial charge in [-0.1, -0.05) is 0 Å². The number of ether oxygens (including phenoxy) is 1. The molecule has 0 radical (unpaired) electrons. The Kier molecular flexibility index (Phi) is 4.82. The van der Waals surface area contributed by atoms with Crippen molar-refractivity contribution in [2.75, 3.05) is 43.6 Å². The summed E-state index contributed by atoms with van der Waals surface area (Å²) in [5, 5.41) is 2.96. The summed E-state index contributed by atoms with van der Waals surface area (Å²) in [4.78, 5) is 31.1. The Morgan fingerprint density at radius 2 is 2.18 bits per heavy atom. The van der Waals surface area contributed by atoms with Gasteiger partial charge in [0.05, 0.1) is 43.7 Å². The average molecular weight is 382 g/mol. The van der Waals surface area contributed by atoms with Crippen molar-refractivity contribution < 1.29 is 13.9 Å². The first kappa shape index (κ1) is 18.2. The van der Waals surface area contributed by atoms with Gasteiger partial charge in [-0.3, -0.25) is 14.7 Å². The van der Waals surface area contributed by atoms with Gasteiger partial charge in [-0.05, 0) is 24.6 Å². The number of halogens is 1. The van der Waals surface area contributed by atoms with Gasteiger partial charge < -0.3 is 10.1 Å². The highest BCUT2D eigenvalue weighted by Crippen LogP contribution is 2.31. The van der Waals surface area contributed by atoms with Gasteiger partial charge in [0, 0.05) is 18.9 Å². The first-order valence-corrected chi connectivity index (χ1v) is 8.86. The van der Waals surface area contributed by atoms with Crippen LogP contribution in [-0.4, -0.2) is 61.3 Å². The summed E-state index contributed by atoms with van der Waals surface area (Å²) >= 11 is 0. The van der Waals surface area contributed by atoms with Crippen molar-refractivity contribution in [3.05, 3.63) is 35.3 Å². The van der Waals surface area contributed by atoms with Crippen molar-refractivity contribution in [1.82, 2.24) is 9.97 Å². The molecule has 8 nitrogen and oxygen atoms in total. The molecule has 0 spiro atoms. The smallest absolute Gasteiger partial charge is 0.247 e. The number of nitrogens with zero attached hydrogens (tertiary/aromatic N) is 5. The number of amides is 1. The molecular weight excluding hydrogens is 363 g/mol. The Balaban J connectivity index is 1.74. The molecule has 1 amide bonds. The van der Waals surface area contributed by atoms with Gasteiger partial charge in [0.25, 0.3) is 0 Å². The normalized spacial score (nSPS) is 15.5. The minimum absolute atomic E-state index is 0.119. The van der Waals surface area contributed by atoms with Crippen LogP contribution in [0.25, 0.3) is 11.3 Å². The maximum absolute atomic E-state index is 14.7. The van der Waals surface area contributed by atoms with E-state index in [1.165, 1.54) is 11.0 Å². The molecule has 9 heteroatoms. The Morgan fingerprint density at radius 1 is 1.32 bits per heavy atom. The monoisotopic (exact) mass is 382 g/mol. The Morgan fingerprint density at radius 3 is 2.93 bits per heavy atom. The first-order chi connectivity index (χ1) is 13.6. The maximum atomic E-state index is 14.7. The summed E-state index contributed by atoms with van der Waals surface area (Å²) < 4.78 is 19.8. The number of nitrogens with one attached hydrogen (secondary N) is 1. The third-order valence-electron chi connectivity index (χ3n) is 4.60. The minimum atomic E-state index is -0.427. The zero-order chi connectivity index (χ0) is 19.7. The average Bonchev–Trinajstić information content (AvgIpc) is 3.23. The fraction of sp³-hybridized carbons (Fsp3) is 0.316. The summed E-state index contributed by atoms with van der Waals surface area (Å²) in [6.45, 7) is 3.22. The number of aromatic nitrogens is 2. The van der Waals surface area contributed by atoms with Crippen LogP contribution in [0.3, 0.4) is 0 Å². The van der Waals surface area contributed by atoms with Crippen molar-refractivity contribution in [2.45, 2.75) is 6.92 Å². The molecule has 0 fully saturated rings. The Labute approximate surface area is 161 Å². The van der Waals surface area contributed by atoms with Gasteiger partial charge in [-0.25, -0.2) is 19.4 Å². The highest BCUT2D eigenvalue weighted by molar-refractivity contribution is 6.07. The molecule has 0 atom stereocenters. The Bertz CT molecular complexity index is 1000. The van der Waals surface area contributed by atoms with Gasteiger partial charge in [-0.2, -0.15) is 0 Å². The van der Waals surface area contributed by atoms with Crippen LogP contribution in [0.15, 0.2) is 28.3 Å².